The molecule has 1 fully saturated rings. The third kappa shape index (κ3) is 6.14. The highest BCUT2D eigenvalue weighted by molar-refractivity contribution is 6.09. The van der Waals surface area contributed by atoms with Crippen LogP contribution in [0.5, 0.6) is 0 Å². The molecule has 1 saturated heterocycles. The van der Waals surface area contributed by atoms with Crippen molar-refractivity contribution in [2.45, 2.75) is 43.3 Å². The molecule has 0 aromatic heterocycles. The van der Waals surface area contributed by atoms with Gasteiger partial charge in [-0.25, -0.2) is 8.78 Å². The van der Waals surface area contributed by atoms with E-state index in [1.54, 1.807) is 18.2 Å². The zero-order chi connectivity index (χ0) is 26.6. The average Bonchev–Trinajstić information content (AvgIpc) is 2.83. The number of amidine groups is 1. The minimum absolute atomic E-state index is 0.237. The first-order chi connectivity index (χ1) is 16.9. The Kier molecular flexibility index (Phi) is 8.58. The molecule has 3 rings (SSSR count). The number of halogens is 5. The van der Waals surface area contributed by atoms with Gasteiger partial charge in [0.25, 0.3) is 6.29 Å². The van der Waals surface area contributed by atoms with E-state index in [-0.39, 0.29) is 12.1 Å². The van der Waals surface area contributed by atoms with Crippen molar-refractivity contribution in [2.75, 3.05) is 6.61 Å². The molecular weight excluding hydrogens is 499 g/mol. The third-order valence-electron chi connectivity index (χ3n) is 5.20. The molecule has 0 bridgehead atoms. The number of rotatable bonds is 6. The van der Waals surface area contributed by atoms with Crippen LogP contribution in [0.25, 0.3) is 0 Å². The second-order valence-electron chi connectivity index (χ2n) is 7.73. The molecule has 1 amide bonds. The fourth-order valence-electron chi connectivity index (χ4n) is 3.37. The Morgan fingerprint density at radius 2 is 1.69 bits per heavy atom. The van der Waals surface area contributed by atoms with E-state index in [1.807, 2.05) is 5.32 Å². The van der Waals surface area contributed by atoms with Crippen molar-refractivity contribution in [1.82, 2.24) is 5.32 Å². The van der Waals surface area contributed by atoms with Crippen molar-refractivity contribution in [2.24, 2.45) is 5.16 Å². The van der Waals surface area contributed by atoms with Crippen molar-refractivity contribution < 1.29 is 56.7 Å². The molecule has 36 heavy (non-hydrogen) atoms. The van der Waals surface area contributed by atoms with Crippen LogP contribution in [0, 0.1) is 11.6 Å². The SMILES string of the molecule is O=C(Cc1ccccc1)N/C(=N\O[C@@H]1O[C@H](CO)[C@@H](O)[C@H](O)[C@H]1O)c1c(C(F)(F)F)ccc(F)c1F. The zero-order valence-corrected chi connectivity index (χ0v) is 18.2. The quantitative estimate of drug-likeness (QED) is 0.164. The fourth-order valence-corrected chi connectivity index (χ4v) is 3.37. The number of carbonyl (C=O) groups is 1. The van der Waals surface area contributed by atoms with Gasteiger partial charge in [-0.2, -0.15) is 13.2 Å². The van der Waals surface area contributed by atoms with Crippen LogP contribution in [0.1, 0.15) is 16.7 Å². The smallest absolute Gasteiger partial charge is 0.394 e. The van der Waals surface area contributed by atoms with Gasteiger partial charge >= 0.3 is 6.18 Å². The molecule has 5 N–H and O–H groups in total. The van der Waals surface area contributed by atoms with Crippen LogP contribution in [0.15, 0.2) is 47.6 Å². The molecule has 2 aromatic carbocycles. The standard InChI is InChI=1S/C22H21F5N2O7/c23-12-7-6-11(22(25,26)27)15(16(12)24)20(28-14(31)8-10-4-2-1-3-5-10)29-36-21-19(34)18(33)17(32)13(9-30)35-21/h1-7,13,17-19,21,30,32-34H,8-9H2,(H,28,29,31)/t13-,17-,18+,19-,21+/m1/s1. The number of amides is 1. The lowest BCUT2D eigenvalue weighted by Gasteiger charge is -2.38. The summed E-state index contributed by atoms with van der Waals surface area (Å²) < 4.78 is 74.4. The summed E-state index contributed by atoms with van der Waals surface area (Å²) in [6.07, 6.45) is -14.8. The minimum atomic E-state index is -5.21. The number of aliphatic hydroxyl groups excluding tert-OH is 4. The largest absolute Gasteiger partial charge is 0.417 e. The molecule has 5 atom stereocenters. The van der Waals surface area contributed by atoms with Crippen LogP contribution in [0.2, 0.25) is 0 Å². The molecule has 9 nitrogen and oxygen atoms in total. The van der Waals surface area contributed by atoms with Gasteiger partial charge in [-0.15, -0.1) is 0 Å². The number of ether oxygens (including phenoxy) is 1. The van der Waals surface area contributed by atoms with Crippen molar-refractivity contribution in [3.63, 3.8) is 0 Å². The summed E-state index contributed by atoms with van der Waals surface area (Å²) in [6.45, 7) is -0.855. The van der Waals surface area contributed by atoms with Crippen LogP contribution < -0.4 is 5.32 Å². The van der Waals surface area contributed by atoms with Gasteiger partial charge in [-0.3, -0.25) is 4.79 Å². The van der Waals surface area contributed by atoms with Crippen LogP contribution in [-0.2, 0) is 27.0 Å². The van der Waals surface area contributed by atoms with Gasteiger partial charge in [0.15, 0.2) is 17.5 Å². The number of hydrogen-bond donors (Lipinski definition) is 5. The highest BCUT2D eigenvalue weighted by Gasteiger charge is 2.45. The summed E-state index contributed by atoms with van der Waals surface area (Å²) in [5, 5.41) is 44.2. The van der Waals surface area contributed by atoms with E-state index < -0.39 is 84.4 Å². The Balaban J connectivity index is 2.00. The molecule has 0 spiro atoms. The zero-order valence-electron chi connectivity index (χ0n) is 18.2. The maximum Gasteiger partial charge on any atom is 0.417 e. The van der Waals surface area contributed by atoms with Gasteiger partial charge < -0.3 is 35.3 Å². The second-order valence-corrected chi connectivity index (χ2v) is 7.73. The molecule has 0 aliphatic carbocycles. The summed E-state index contributed by atoms with van der Waals surface area (Å²) in [4.78, 5) is 17.4. The number of hydrogen-bond acceptors (Lipinski definition) is 8. The number of benzene rings is 2. The van der Waals surface area contributed by atoms with E-state index in [0.29, 0.717) is 5.56 Å². The predicted octanol–water partition coefficient (Wildman–Crippen LogP) is 0.821. The normalized spacial score (nSPS) is 24.9. The number of oxime groups is 1. The van der Waals surface area contributed by atoms with E-state index >= 15 is 0 Å². The topological polar surface area (TPSA) is 141 Å². The lowest BCUT2D eigenvalue weighted by atomic mass is 9.99. The Morgan fingerprint density at radius 3 is 2.31 bits per heavy atom. The molecular formula is C22H21F5N2O7. The van der Waals surface area contributed by atoms with Gasteiger partial charge in [-0.05, 0) is 17.7 Å². The van der Waals surface area contributed by atoms with Crippen LogP contribution in [0.3, 0.4) is 0 Å². The molecule has 2 aromatic rings. The van der Waals surface area contributed by atoms with Gasteiger partial charge in [0, 0.05) is 0 Å². The maximum atomic E-state index is 14.6. The molecule has 0 radical (unpaired) electrons. The number of alkyl halides is 3. The number of nitrogens with one attached hydrogen (secondary N) is 1. The Labute approximate surface area is 200 Å². The first-order valence-corrected chi connectivity index (χ1v) is 10.4. The van der Waals surface area contributed by atoms with E-state index in [0.717, 1.165) is 0 Å². The van der Waals surface area contributed by atoms with E-state index in [4.69, 9.17) is 9.57 Å². The van der Waals surface area contributed by atoms with Crippen LogP contribution in [0.4, 0.5) is 22.0 Å². The Bertz CT molecular complexity index is 1100. The highest BCUT2D eigenvalue weighted by atomic mass is 19.4. The van der Waals surface area contributed by atoms with Crippen molar-refractivity contribution in [3.8, 4) is 0 Å². The molecule has 0 unspecified atom stereocenters. The summed E-state index contributed by atoms with van der Waals surface area (Å²) in [5.74, 6) is -5.87. The number of nitrogens with zero attached hydrogens (tertiary/aromatic N) is 1. The molecule has 14 heteroatoms. The molecule has 1 aliphatic heterocycles. The summed E-state index contributed by atoms with van der Waals surface area (Å²) in [6, 6.07) is 8.38. The van der Waals surface area contributed by atoms with E-state index in [9.17, 15) is 47.2 Å². The fraction of sp³-hybridized carbons (Fsp3) is 0.364. The molecule has 0 saturated carbocycles. The first-order valence-electron chi connectivity index (χ1n) is 10.4. The van der Waals surface area contributed by atoms with E-state index in [2.05, 4.69) is 5.16 Å². The van der Waals surface area contributed by atoms with Gasteiger partial charge in [0.1, 0.15) is 24.4 Å². The minimum Gasteiger partial charge on any atom is -0.394 e. The van der Waals surface area contributed by atoms with E-state index in [1.165, 1.54) is 12.1 Å². The average molecular weight is 520 g/mol. The lowest BCUT2D eigenvalue weighted by Crippen LogP contribution is -2.58. The lowest BCUT2D eigenvalue weighted by molar-refractivity contribution is -0.301. The Morgan fingerprint density at radius 1 is 1.03 bits per heavy atom. The van der Waals surface area contributed by atoms with Crippen molar-refractivity contribution >= 4 is 11.7 Å². The van der Waals surface area contributed by atoms with Gasteiger partial charge in [-0.1, -0.05) is 35.5 Å². The number of aliphatic hydroxyl groups is 4. The maximum absolute atomic E-state index is 14.6. The molecule has 1 aliphatic rings. The van der Waals surface area contributed by atoms with Gasteiger partial charge in [0.05, 0.1) is 24.2 Å². The monoisotopic (exact) mass is 520 g/mol. The summed E-state index contributed by atoms with van der Waals surface area (Å²) in [7, 11) is 0. The summed E-state index contributed by atoms with van der Waals surface area (Å²) >= 11 is 0. The highest BCUT2D eigenvalue weighted by Crippen LogP contribution is 2.34. The first kappa shape index (κ1) is 27.4. The van der Waals surface area contributed by atoms with Gasteiger partial charge in [0.2, 0.25) is 5.91 Å². The van der Waals surface area contributed by atoms with Crippen LogP contribution >= 0.6 is 0 Å². The molecule has 1 heterocycles. The molecule has 196 valence electrons. The Hall–Kier alpha value is -3.17. The third-order valence-corrected chi connectivity index (χ3v) is 5.20. The van der Waals surface area contributed by atoms with Crippen molar-refractivity contribution in [1.29, 1.82) is 0 Å². The second kappa shape index (κ2) is 11.3. The van der Waals surface area contributed by atoms with Crippen molar-refractivity contribution in [3.05, 3.63) is 70.8 Å². The summed E-state index contributed by atoms with van der Waals surface area (Å²) in [5.41, 5.74) is -2.76. The number of carbonyl (C=O) groups excluding carboxylic acids is 1. The van der Waals surface area contributed by atoms with Crippen LogP contribution in [-0.4, -0.2) is 69.5 Å². The predicted molar refractivity (Wildman–Crippen MR) is 111 cm³/mol.